The fourth-order valence-corrected chi connectivity index (χ4v) is 1.88. The number of thiazole rings is 1. The number of carboxylic acids is 1. The molecular weight excluding hydrogens is 257 g/mol. The number of carboxylic acid groups (broad SMARTS) is 1. The van der Waals surface area contributed by atoms with Gasteiger partial charge in [0, 0.05) is 5.38 Å². The maximum Gasteiger partial charge on any atom is 0.355 e. The summed E-state index contributed by atoms with van der Waals surface area (Å²) >= 11 is 1.14. The lowest BCUT2D eigenvalue weighted by molar-refractivity contribution is 0.0691. The summed E-state index contributed by atoms with van der Waals surface area (Å²) in [4.78, 5) is 29.1. The summed E-state index contributed by atoms with van der Waals surface area (Å²) in [6.07, 6.45) is 1.34. The van der Waals surface area contributed by atoms with Gasteiger partial charge >= 0.3 is 5.97 Å². The molecule has 0 fully saturated rings. The van der Waals surface area contributed by atoms with Gasteiger partial charge < -0.3 is 14.8 Å². The number of amides is 1. The third-order valence-electron chi connectivity index (χ3n) is 1.91. The molecule has 2 rings (SSSR count). The van der Waals surface area contributed by atoms with Gasteiger partial charge in [-0.15, -0.1) is 11.3 Å². The van der Waals surface area contributed by atoms with Crippen LogP contribution in [-0.4, -0.2) is 34.7 Å². The van der Waals surface area contributed by atoms with Crippen molar-refractivity contribution < 1.29 is 19.1 Å². The van der Waals surface area contributed by atoms with Crippen LogP contribution in [0.15, 0.2) is 16.1 Å². The number of hydrogen-bond acceptors (Lipinski definition) is 6. The molecule has 7 nitrogen and oxygen atoms in total. The Hall–Kier alpha value is -2.16. The Balaban J connectivity index is 2.13. The molecule has 0 aliphatic heterocycles. The highest BCUT2D eigenvalue weighted by atomic mass is 32.1. The second-order valence-corrected chi connectivity index (χ2v) is 4.05. The first-order valence-corrected chi connectivity index (χ1v) is 5.61. The van der Waals surface area contributed by atoms with E-state index in [1.54, 1.807) is 0 Å². The Morgan fingerprint density at radius 3 is 2.89 bits per heavy atom. The van der Waals surface area contributed by atoms with E-state index in [0.29, 0.717) is 10.7 Å². The van der Waals surface area contributed by atoms with Gasteiger partial charge in [-0.2, -0.15) is 0 Å². The predicted octanol–water partition coefficient (Wildman–Crippen LogP) is 0.874. The number of hydrogen-bond donors (Lipinski definition) is 2. The molecule has 0 spiro atoms. The van der Waals surface area contributed by atoms with Crippen LogP contribution in [0.1, 0.15) is 16.4 Å². The Labute approximate surface area is 106 Å². The zero-order valence-corrected chi connectivity index (χ0v) is 9.73. The van der Waals surface area contributed by atoms with Crippen molar-refractivity contribution in [2.45, 2.75) is 6.54 Å². The fraction of sp³-hybridized carbons (Fsp3) is 0.111. The lowest BCUT2D eigenvalue weighted by Crippen LogP contribution is -2.20. The highest BCUT2D eigenvalue weighted by Gasteiger charge is 2.13. The van der Waals surface area contributed by atoms with Crippen LogP contribution in [0, 0.1) is 0 Å². The molecule has 0 unspecified atom stereocenters. The van der Waals surface area contributed by atoms with Crippen LogP contribution >= 0.6 is 11.3 Å². The molecule has 0 saturated heterocycles. The Morgan fingerprint density at radius 1 is 1.50 bits per heavy atom. The normalized spacial score (nSPS) is 10.2. The molecule has 2 heterocycles. The number of aromatic carboxylic acids is 1. The summed E-state index contributed by atoms with van der Waals surface area (Å²) in [5.41, 5.74) is 0.364. The van der Waals surface area contributed by atoms with Crippen LogP contribution in [0.2, 0.25) is 0 Å². The molecule has 1 amide bonds. The Bertz CT molecular complexity index is 594. The summed E-state index contributed by atoms with van der Waals surface area (Å²) in [7, 11) is 4.90. The Morgan fingerprint density at radius 2 is 2.28 bits per heavy atom. The molecular formula is C9H6BN3O4S. The van der Waals surface area contributed by atoms with Gasteiger partial charge in [0.2, 0.25) is 13.7 Å². The predicted molar refractivity (Wildman–Crippen MR) is 62.6 cm³/mol. The smallest absolute Gasteiger partial charge is 0.355 e. The van der Waals surface area contributed by atoms with E-state index in [2.05, 4.69) is 15.3 Å². The third-order valence-corrected chi connectivity index (χ3v) is 2.77. The van der Waals surface area contributed by atoms with E-state index in [-0.39, 0.29) is 18.1 Å². The highest BCUT2D eigenvalue weighted by molar-refractivity contribution is 7.13. The van der Waals surface area contributed by atoms with Crippen LogP contribution in [0.25, 0.3) is 10.7 Å². The second kappa shape index (κ2) is 5.00. The van der Waals surface area contributed by atoms with Crippen LogP contribution in [0.3, 0.4) is 0 Å². The van der Waals surface area contributed by atoms with E-state index in [1.807, 2.05) is 0 Å². The highest BCUT2D eigenvalue weighted by Crippen LogP contribution is 2.22. The third kappa shape index (κ3) is 2.75. The molecule has 18 heavy (non-hydrogen) atoms. The Kier molecular flexibility index (Phi) is 3.42. The minimum atomic E-state index is -1.10. The van der Waals surface area contributed by atoms with Crippen LogP contribution in [0.5, 0.6) is 0 Å². The SMILES string of the molecule is [B]C(=O)NCc1nc(-c2nc(C(=O)O)cs2)co1. The first kappa shape index (κ1) is 12.3. The summed E-state index contributed by atoms with van der Waals surface area (Å²) < 4.78 is 5.08. The van der Waals surface area contributed by atoms with E-state index in [1.165, 1.54) is 11.6 Å². The van der Waals surface area contributed by atoms with Crippen LogP contribution < -0.4 is 5.32 Å². The molecule has 9 heteroatoms. The van der Waals surface area contributed by atoms with Gasteiger partial charge in [-0.25, -0.2) is 14.8 Å². The van der Waals surface area contributed by atoms with Crippen molar-refractivity contribution in [1.82, 2.24) is 15.3 Å². The molecule has 0 aliphatic rings. The average molecular weight is 263 g/mol. The monoisotopic (exact) mass is 263 g/mol. The number of rotatable bonds is 4. The van der Waals surface area contributed by atoms with Gasteiger partial charge in [0.25, 0.3) is 0 Å². The molecule has 0 atom stereocenters. The summed E-state index contributed by atoms with van der Waals surface area (Å²) in [6, 6.07) is 0. The second-order valence-electron chi connectivity index (χ2n) is 3.19. The molecule has 2 aromatic rings. The minimum absolute atomic E-state index is 0.0465. The largest absolute Gasteiger partial charge is 0.476 e. The van der Waals surface area contributed by atoms with Gasteiger partial charge in [-0.1, -0.05) is 0 Å². The average Bonchev–Trinajstić information content (AvgIpc) is 2.95. The molecule has 2 N–H and O–H groups in total. The number of aromatic nitrogens is 2. The van der Waals surface area contributed by atoms with Crippen molar-refractivity contribution in [3.63, 3.8) is 0 Å². The van der Waals surface area contributed by atoms with Crippen LogP contribution in [0.4, 0.5) is 4.79 Å². The van der Waals surface area contributed by atoms with Crippen molar-refractivity contribution in [3.8, 4) is 10.7 Å². The van der Waals surface area contributed by atoms with Gasteiger partial charge in [0.15, 0.2) is 11.5 Å². The standard InChI is InChI=1S/C9H6BN3O4S/c10-9(16)11-1-6-12-4(2-17-6)7-13-5(3-18-7)8(14)15/h2-3H,1H2,(H,11,16)(H,14,15). The number of nitrogens with zero attached hydrogens (tertiary/aromatic N) is 2. The van der Waals surface area contributed by atoms with Gasteiger partial charge in [0.1, 0.15) is 17.0 Å². The number of nitrogens with one attached hydrogen (secondary N) is 1. The van der Waals surface area contributed by atoms with E-state index < -0.39 is 11.8 Å². The molecule has 0 saturated carbocycles. The van der Waals surface area contributed by atoms with E-state index in [4.69, 9.17) is 17.4 Å². The molecule has 0 bridgehead atoms. The van der Waals surface area contributed by atoms with Gasteiger partial charge in [-0.05, 0) is 0 Å². The lowest BCUT2D eigenvalue weighted by atomic mass is 10.1. The quantitative estimate of drug-likeness (QED) is 0.793. The fourth-order valence-electron chi connectivity index (χ4n) is 1.14. The van der Waals surface area contributed by atoms with E-state index in [0.717, 1.165) is 11.3 Å². The molecule has 0 aliphatic carbocycles. The summed E-state index contributed by atoms with van der Waals surface area (Å²) in [6.45, 7) is 0.0620. The minimum Gasteiger partial charge on any atom is -0.476 e. The first-order chi connectivity index (χ1) is 8.56. The molecule has 2 aromatic heterocycles. The maximum absolute atomic E-state index is 10.7. The van der Waals surface area contributed by atoms with E-state index in [9.17, 15) is 9.59 Å². The first-order valence-electron chi connectivity index (χ1n) is 4.73. The maximum atomic E-state index is 10.7. The van der Waals surface area contributed by atoms with Crippen molar-refractivity contribution in [2.75, 3.05) is 0 Å². The van der Waals surface area contributed by atoms with Gasteiger partial charge in [-0.3, -0.25) is 4.79 Å². The van der Waals surface area contributed by atoms with Gasteiger partial charge in [0.05, 0.1) is 6.54 Å². The van der Waals surface area contributed by atoms with E-state index >= 15 is 0 Å². The number of carbonyl (C=O) groups excluding carboxylic acids is 1. The molecule has 0 aromatic carbocycles. The van der Waals surface area contributed by atoms with Crippen molar-refractivity contribution in [2.24, 2.45) is 0 Å². The summed E-state index contributed by atoms with van der Waals surface area (Å²) in [5.74, 6) is -1.52. The lowest BCUT2D eigenvalue weighted by Gasteiger charge is -1.95. The molecule has 90 valence electrons. The van der Waals surface area contributed by atoms with Crippen LogP contribution in [-0.2, 0) is 6.54 Å². The summed E-state index contributed by atoms with van der Waals surface area (Å²) in [5, 5.41) is 12.9. The zero-order valence-electron chi connectivity index (χ0n) is 8.91. The van der Waals surface area contributed by atoms with Crippen molar-refractivity contribution in [3.05, 3.63) is 23.2 Å². The van der Waals surface area contributed by atoms with Crippen molar-refractivity contribution >= 4 is 31.0 Å². The van der Waals surface area contributed by atoms with Crippen molar-refractivity contribution in [1.29, 1.82) is 0 Å². The zero-order chi connectivity index (χ0) is 13.1. The number of carbonyl (C=O) groups is 2. The topological polar surface area (TPSA) is 105 Å². The number of oxazole rings is 1. The molecule has 2 radical (unpaired) electrons.